The topological polar surface area (TPSA) is 115 Å². The Morgan fingerprint density at radius 1 is 0.941 bits per heavy atom. The average molecular weight is 755 g/mol. The SMILES string of the molecule is Cc1cc(Cl)c(O[C@H]2CCN(c3ccc([C@@H]4CCN(C(=O)O)C[C@H]4C(=O)N(Cc4cc(CC(=O)NC5CC5)ccc4Cl)C4CC4)cn3)C2)c(Cl)c1. The van der Waals surface area contributed by atoms with E-state index in [4.69, 9.17) is 44.5 Å². The monoisotopic (exact) mass is 753 g/mol. The Morgan fingerprint density at radius 2 is 1.71 bits per heavy atom. The van der Waals surface area contributed by atoms with Gasteiger partial charge in [-0.3, -0.25) is 9.59 Å². The summed E-state index contributed by atoms with van der Waals surface area (Å²) < 4.78 is 6.21. The molecule has 0 unspecified atom stereocenters. The van der Waals surface area contributed by atoms with Crippen LogP contribution >= 0.6 is 34.8 Å². The minimum Gasteiger partial charge on any atom is -0.485 e. The highest BCUT2D eigenvalue weighted by molar-refractivity contribution is 6.37. The first-order chi connectivity index (χ1) is 24.5. The Hall–Kier alpha value is -3.73. The number of hydrogen-bond donors (Lipinski definition) is 2. The minimum absolute atomic E-state index is 0.0192. The van der Waals surface area contributed by atoms with E-state index >= 15 is 0 Å². The van der Waals surface area contributed by atoms with Gasteiger partial charge in [0.15, 0.2) is 5.75 Å². The molecule has 51 heavy (non-hydrogen) atoms. The molecule has 2 aliphatic heterocycles. The maximum absolute atomic E-state index is 14.5. The van der Waals surface area contributed by atoms with Crippen LogP contribution in [-0.4, -0.2) is 82.2 Å². The fraction of sp³-hybridized carbons (Fsp3) is 0.474. The number of aromatic nitrogens is 1. The molecular weight excluding hydrogens is 713 g/mol. The molecule has 4 fully saturated rings. The van der Waals surface area contributed by atoms with Crippen LogP contribution in [0.1, 0.15) is 66.7 Å². The Balaban J connectivity index is 1.06. The largest absolute Gasteiger partial charge is 0.485 e. The predicted molar refractivity (Wildman–Crippen MR) is 197 cm³/mol. The highest BCUT2D eigenvalue weighted by Gasteiger charge is 2.43. The fourth-order valence-electron chi connectivity index (χ4n) is 7.30. The molecule has 0 bridgehead atoms. The van der Waals surface area contributed by atoms with Gasteiger partial charge in [-0.25, -0.2) is 9.78 Å². The number of hydrogen-bond acceptors (Lipinski definition) is 6. The molecule has 2 saturated carbocycles. The smallest absolute Gasteiger partial charge is 0.407 e. The molecular formula is C38H42Cl3N5O5. The van der Waals surface area contributed by atoms with Crippen molar-refractivity contribution < 1.29 is 24.2 Å². The van der Waals surface area contributed by atoms with Crippen molar-refractivity contribution in [1.29, 1.82) is 0 Å². The lowest BCUT2D eigenvalue weighted by Crippen LogP contribution is -2.49. The van der Waals surface area contributed by atoms with E-state index in [1.807, 2.05) is 54.4 Å². The zero-order valence-corrected chi connectivity index (χ0v) is 30.8. The molecule has 0 spiro atoms. The average Bonchev–Trinajstić information content (AvgIpc) is 4.05. The first kappa shape index (κ1) is 35.7. The molecule has 2 aliphatic carbocycles. The number of aryl methyl sites for hydroxylation is 1. The number of ether oxygens (including phenoxy) is 1. The first-order valence-corrected chi connectivity index (χ1v) is 18.8. The molecule has 4 aliphatic rings. The van der Waals surface area contributed by atoms with Gasteiger partial charge >= 0.3 is 6.09 Å². The number of nitrogens with zero attached hydrogens (tertiary/aromatic N) is 4. The van der Waals surface area contributed by atoms with Crippen molar-refractivity contribution in [3.05, 3.63) is 86.0 Å². The highest BCUT2D eigenvalue weighted by Crippen LogP contribution is 2.40. The molecule has 3 atom stereocenters. The number of benzene rings is 2. The van der Waals surface area contributed by atoms with Crippen molar-refractivity contribution >= 4 is 58.5 Å². The number of rotatable bonds is 11. The number of amides is 3. The number of pyridine rings is 1. The zero-order chi connectivity index (χ0) is 35.8. The van der Waals surface area contributed by atoms with Crippen LogP contribution in [0.3, 0.4) is 0 Å². The second-order valence-electron chi connectivity index (χ2n) is 14.4. The standard InChI is InChI=1S/C38H42Cl3N5O5/c1-22-14-32(40)36(33(41)15-22)51-28-10-12-44(20-28)34-9-3-24(18-42-34)29-11-13-45(38(49)50)21-30(29)37(48)46(27-6-7-27)19-25-16-23(2-8-31(25)39)17-35(47)43-26-4-5-26/h2-3,8-9,14-16,18,26-30H,4-7,10-13,17,19-21H2,1H3,(H,43,47)(H,49,50)/t28-,29-,30+/m0/s1. The van der Waals surface area contributed by atoms with Gasteiger partial charge in [0.2, 0.25) is 11.8 Å². The van der Waals surface area contributed by atoms with Gasteiger partial charge in [-0.05, 0) is 85.5 Å². The maximum Gasteiger partial charge on any atom is 0.407 e. The molecule has 13 heteroatoms. The van der Waals surface area contributed by atoms with Crippen molar-refractivity contribution in [2.75, 3.05) is 31.1 Å². The van der Waals surface area contributed by atoms with Crippen LogP contribution < -0.4 is 15.0 Å². The number of anilines is 1. The number of carboxylic acid groups (broad SMARTS) is 1. The van der Waals surface area contributed by atoms with Gasteiger partial charge < -0.3 is 29.9 Å². The van der Waals surface area contributed by atoms with E-state index in [0.29, 0.717) is 46.9 Å². The predicted octanol–water partition coefficient (Wildman–Crippen LogP) is 7.10. The number of nitrogens with one attached hydrogen (secondary N) is 1. The van der Waals surface area contributed by atoms with Crippen LogP contribution in [0.15, 0.2) is 48.7 Å². The number of carbonyl (C=O) groups excluding carboxylic acids is 2. The Labute approximate surface area is 313 Å². The van der Waals surface area contributed by atoms with E-state index in [0.717, 1.165) is 66.7 Å². The van der Waals surface area contributed by atoms with Crippen LogP contribution in [0.2, 0.25) is 15.1 Å². The lowest BCUT2D eigenvalue weighted by atomic mass is 9.80. The van der Waals surface area contributed by atoms with Crippen LogP contribution in [-0.2, 0) is 22.6 Å². The summed E-state index contributed by atoms with van der Waals surface area (Å²) in [6, 6.07) is 13.6. The van der Waals surface area contributed by atoms with Crippen molar-refractivity contribution in [2.24, 2.45) is 5.92 Å². The molecule has 1 aromatic heterocycles. The highest BCUT2D eigenvalue weighted by atomic mass is 35.5. The lowest BCUT2D eigenvalue weighted by molar-refractivity contribution is -0.139. The summed E-state index contributed by atoms with van der Waals surface area (Å²) in [5.41, 5.74) is 3.49. The molecule has 0 radical (unpaired) electrons. The Morgan fingerprint density at radius 3 is 2.37 bits per heavy atom. The van der Waals surface area contributed by atoms with Crippen molar-refractivity contribution in [2.45, 2.75) is 82.5 Å². The van der Waals surface area contributed by atoms with E-state index in [1.54, 1.807) is 6.07 Å². The summed E-state index contributed by atoms with van der Waals surface area (Å²) in [4.78, 5) is 49.3. The number of likely N-dealkylation sites (tertiary alicyclic amines) is 1. The third-order valence-corrected chi connectivity index (χ3v) is 11.3. The third kappa shape index (κ3) is 8.50. The van der Waals surface area contributed by atoms with Gasteiger partial charge in [-0.2, -0.15) is 0 Å². The van der Waals surface area contributed by atoms with Crippen LogP contribution in [0.5, 0.6) is 5.75 Å². The molecule has 2 aromatic carbocycles. The maximum atomic E-state index is 14.5. The molecule has 7 rings (SSSR count). The summed E-state index contributed by atoms with van der Waals surface area (Å²) in [5.74, 6) is 0.408. The summed E-state index contributed by atoms with van der Waals surface area (Å²) in [6.07, 6.45) is 6.04. The number of carbonyl (C=O) groups is 3. The summed E-state index contributed by atoms with van der Waals surface area (Å²) in [5, 5.41) is 14.4. The summed E-state index contributed by atoms with van der Waals surface area (Å²) >= 11 is 19.5. The van der Waals surface area contributed by atoms with E-state index in [1.165, 1.54) is 4.90 Å². The summed E-state index contributed by atoms with van der Waals surface area (Å²) in [6.45, 7) is 4.04. The summed E-state index contributed by atoms with van der Waals surface area (Å²) in [7, 11) is 0. The van der Waals surface area contributed by atoms with Gasteiger partial charge in [0, 0.05) is 61.8 Å². The molecule has 10 nitrogen and oxygen atoms in total. The first-order valence-electron chi connectivity index (χ1n) is 17.7. The third-order valence-electron chi connectivity index (χ3n) is 10.3. The fourth-order valence-corrected chi connectivity index (χ4v) is 8.16. The molecule has 3 heterocycles. The molecule has 3 amide bonds. The molecule has 3 aromatic rings. The molecule has 2 saturated heterocycles. The second-order valence-corrected chi connectivity index (χ2v) is 15.6. The van der Waals surface area contributed by atoms with Crippen molar-refractivity contribution in [3.63, 3.8) is 0 Å². The minimum atomic E-state index is -1.03. The van der Waals surface area contributed by atoms with E-state index in [2.05, 4.69) is 10.2 Å². The van der Waals surface area contributed by atoms with Crippen LogP contribution in [0, 0.1) is 12.8 Å². The van der Waals surface area contributed by atoms with Crippen molar-refractivity contribution in [1.82, 2.24) is 20.1 Å². The van der Waals surface area contributed by atoms with E-state index in [9.17, 15) is 19.5 Å². The Bertz CT molecular complexity index is 1780. The van der Waals surface area contributed by atoms with Crippen LogP contribution in [0.25, 0.3) is 0 Å². The molecule has 2 N–H and O–H groups in total. The second kappa shape index (κ2) is 15.1. The van der Waals surface area contributed by atoms with Gasteiger partial charge in [0.05, 0.1) is 28.9 Å². The lowest BCUT2D eigenvalue weighted by Gasteiger charge is -2.39. The quantitative estimate of drug-likeness (QED) is 0.215. The van der Waals surface area contributed by atoms with Gasteiger partial charge in [-0.15, -0.1) is 0 Å². The normalized spacial score (nSPS) is 21.8. The van der Waals surface area contributed by atoms with E-state index in [-0.39, 0.29) is 48.9 Å². The zero-order valence-electron chi connectivity index (χ0n) is 28.5. The number of piperidine rings is 1. The van der Waals surface area contributed by atoms with Crippen molar-refractivity contribution in [3.8, 4) is 5.75 Å². The van der Waals surface area contributed by atoms with Gasteiger partial charge in [-0.1, -0.05) is 53.0 Å². The number of halogens is 3. The molecule has 270 valence electrons. The van der Waals surface area contributed by atoms with Gasteiger partial charge in [0.25, 0.3) is 0 Å². The van der Waals surface area contributed by atoms with E-state index < -0.39 is 12.0 Å². The van der Waals surface area contributed by atoms with Crippen LogP contribution in [0.4, 0.5) is 10.6 Å². The Kier molecular flexibility index (Phi) is 10.6. The van der Waals surface area contributed by atoms with Gasteiger partial charge in [0.1, 0.15) is 11.9 Å².